The number of aromatic nitrogens is 3. The lowest BCUT2D eigenvalue weighted by Gasteiger charge is -2.42. The minimum Gasteiger partial charge on any atom is -0.372 e. The number of nitrogens with one attached hydrogen (secondary N) is 1. The van der Waals surface area contributed by atoms with Crippen molar-refractivity contribution in [1.82, 2.24) is 24.3 Å². The van der Waals surface area contributed by atoms with Crippen LogP contribution in [-0.4, -0.2) is 56.2 Å². The van der Waals surface area contributed by atoms with Gasteiger partial charge in [-0.15, -0.1) is 0 Å². The first-order chi connectivity index (χ1) is 19.2. The Morgan fingerprint density at radius 1 is 1.23 bits per heavy atom. The van der Waals surface area contributed by atoms with E-state index in [1.807, 2.05) is 12.2 Å². The van der Waals surface area contributed by atoms with Gasteiger partial charge in [0, 0.05) is 29.4 Å². The largest absolute Gasteiger partial charge is 0.372 e. The summed E-state index contributed by atoms with van der Waals surface area (Å²) >= 11 is 5.97. The zero-order valence-corrected chi connectivity index (χ0v) is 22.8. The summed E-state index contributed by atoms with van der Waals surface area (Å²) in [5.74, 6) is -0.149. The van der Waals surface area contributed by atoms with Crippen molar-refractivity contribution in [3.05, 3.63) is 80.1 Å². The number of carbonyl (C=O) groups excluding carboxylic acids is 2. The molecule has 0 unspecified atom stereocenters. The molecular formula is C29H29ClFN5O4. The molecule has 208 valence electrons. The van der Waals surface area contributed by atoms with Crippen LogP contribution in [0.1, 0.15) is 46.5 Å². The topological polar surface area (TPSA) is 98.5 Å². The van der Waals surface area contributed by atoms with E-state index in [4.69, 9.17) is 21.3 Å². The number of halogens is 2. The molecule has 40 heavy (non-hydrogen) atoms. The maximum absolute atomic E-state index is 14.2. The molecule has 9 nitrogen and oxygen atoms in total. The van der Waals surface area contributed by atoms with Crippen molar-refractivity contribution < 1.29 is 18.7 Å². The number of likely N-dealkylation sites (tertiary alicyclic amines) is 1. The summed E-state index contributed by atoms with van der Waals surface area (Å²) in [6.07, 6.45) is 5.05. The van der Waals surface area contributed by atoms with Gasteiger partial charge < -0.3 is 24.1 Å². The Bertz CT molecular complexity index is 1580. The van der Waals surface area contributed by atoms with Crippen molar-refractivity contribution in [3.8, 4) is 11.3 Å². The van der Waals surface area contributed by atoms with E-state index >= 15 is 0 Å². The molecule has 0 saturated carbocycles. The van der Waals surface area contributed by atoms with Crippen LogP contribution in [0.25, 0.3) is 17.3 Å². The van der Waals surface area contributed by atoms with Gasteiger partial charge in [0.2, 0.25) is 5.91 Å². The molecule has 1 saturated heterocycles. The monoisotopic (exact) mass is 565 g/mol. The molecule has 4 heterocycles. The number of hydrogen-bond donors (Lipinski definition) is 1. The number of hydrogen-bond acceptors (Lipinski definition) is 5. The number of pyridine rings is 1. The number of imidazole rings is 1. The molecule has 1 N–H and O–H groups in total. The maximum Gasteiger partial charge on any atom is 0.264 e. The fourth-order valence-electron chi connectivity index (χ4n) is 5.55. The van der Waals surface area contributed by atoms with Crippen LogP contribution in [-0.2, 0) is 42.2 Å². The van der Waals surface area contributed by atoms with Crippen LogP contribution in [0.2, 0.25) is 5.02 Å². The number of rotatable bonds is 5. The van der Waals surface area contributed by atoms with Gasteiger partial charge in [0.05, 0.1) is 31.1 Å². The number of alkyl halides is 1. The molecule has 11 heteroatoms. The normalized spacial score (nSPS) is 17.1. The van der Waals surface area contributed by atoms with E-state index in [0.29, 0.717) is 48.9 Å². The predicted molar refractivity (Wildman–Crippen MR) is 148 cm³/mol. The number of nitrogens with zero attached hydrogens (tertiary/aromatic N) is 4. The van der Waals surface area contributed by atoms with Crippen LogP contribution in [0, 0.1) is 0 Å². The van der Waals surface area contributed by atoms with Crippen LogP contribution in [0.4, 0.5) is 4.39 Å². The quantitative estimate of drug-likeness (QED) is 0.512. The van der Waals surface area contributed by atoms with E-state index in [0.717, 1.165) is 22.8 Å². The van der Waals surface area contributed by atoms with Gasteiger partial charge in [0.15, 0.2) is 0 Å². The molecular weight excluding hydrogens is 537 g/mol. The van der Waals surface area contributed by atoms with Crippen LogP contribution in [0.15, 0.2) is 41.2 Å². The van der Waals surface area contributed by atoms with E-state index in [1.54, 1.807) is 30.3 Å². The average molecular weight is 566 g/mol. The lowest BCUT2D eigenvalue weighted by Crippen LogP contribution is -2.60. The third-order valence-corrected chi connectivity index (χ3v) is 7.79. The van der Waals surface area contributed by atoms with Gasteiger partial charge in [-0.1, -0.05) is 29.8 Å². The van der Waals surface area contributed by atoms with Gasteiger partial charge in [0.25, 0.3) is 11.5 Å². The van der Waals surface area contributed by atoms with Crippen LogP contribution < -0.4 is 10.9 Å². The van der Waals surface area contributed by atoms with Crippen LogP contribution >= 0.6 is 11.6 Å². The highest BCUT2D eigenvalue weighted by molar-refractivity contribution is 6.30. The molecule has 3 aromatic rings. The third kappa shape index (κ3) is 4.97. The molecule has 2 aromatic heterocycles. The van der Waals surface area contributed by atoms with Crippen LogP contribution in [0.3, 0.4) is 0 Å². The van der Waals surface area contributed by atoms with E-state index in [9.17, 15) is 18.8 Å². The van der Waals surface area contributed by atoms with Crippen molar-refractivity contribution in [2.45, 2.75) is 51.7 Å². The molecule has 2 amide bonds. The Hall–Kier alpha value is -3.76. The smallest absolute Gasteiger partial charge is 0.264 e. The zero-order valence-electron chi connectivity index (χ0n) is 22.1. The summed E-state index contributed by atoms with van der Waals surface area (Å²) in [4.78, 5) is 46.6. The standard InChI is InChI=1S/C29H29ClFN5O4/c1-29(31)16-34(17-29)25(37)14-36-23-5-3-2-4-22-26(35-10-11-40-15-24(35)33-22)20(23)12-21(28(36)39)27(38)32-13-18-6-8-19(30)9-7-18/h2,4,6-9,12H,3,5,10-11,13-17H2,1H3,(H,32,38). The van der Waals surface area contributed by atoms with E-state index in [-0.39, 0.29) is 37.6 Å². The summed E-state index contributed by atoms with van der Waals surface area (Å²) in [5.41, 5.74) is 1.60. The molecule has 0 atom stereocenters. The Balaban J connectivity index is 1.44. The highest BCUT2D eigenvalue weighted by Gasteiger charge is 2.41. The molecule has 3 aliphatic rings. The van der Waals surface area contributed by atoms with Gasteiger partial charge in [-0.3, -0.25) is 14.4 Å². The molecule has 1 aliphatic carbocycles. The summed E-state index contributed by atoms with van der Waals surface area (Å²) in [6.45, 7) is 2.77. The Morgan fingerprint density at radius 3 is 2.75 bits per heavy atom. The predicted octanol–water partition coefficient (Wildman–Crippen LogP) is 3.36. The number of carbonyl (C=O) groups is 2. The molecule has 0 spiro atoms. The number of fused-ring (bicyclic) bond motifs is 5. The number of benzene rings is 1. The minimum atomic E-state index is -1.43. The van der Waals surface area contributed by atoms with Crippen molar-refractivity contribution >= 4 is 29.5 Å². The molecule has 0 bridgehead atoms. The fraction of sp³-hybridized carbons (Fsp3) is 0.379. The Labute approximate surface area is 235 Å². The van der Waals surface area contributed by atoms with Crippen molar-refractivity contribution in [2.75, 3.05) is 19.7 Å². The fourth-order valence-corrected chi connectivity index (χ4v) is 5.68. The summed E-state index contributed by atoms with van der Waals surface area (Å²) in [6, 6.07) is 8.68. The van der Waals surface area contributed by atoms with E-state index in [1.165, 1.54) is 16.4 Å². The second-order valence-corrected chi connectivity index (χ2v) is 11.1. The van der Waals surface area contributed by atoms with Gasteiger partial charge in [-0.25, -0.2) is 9.37 Å². The SMILES string of the molecule is CC1(F)CN(C(=O)Cn2c3c(cc(C(=O)NCc4ccc(Cl)cc4)c2=O)-c2c(nc4n2CCOC4)C=CCC3)C1. The summed E-state index contributed by atoms with van der Waals surface area (Å²) in [5, 5.41) is 3.41. The summed E-state index contributed by atoms with van der Waals surface area (Å²) in [7, 11) is 0. The lowest BCUT2D eigenvalue weighted by molar-refractivity contribution is -0.144. The van der Waals surface area contributed by atoms with Crippen LogP contribution in [0.5, 0.6) is 0 Å². The molecule has 1 aromatic carbocycles. The maximum atomic E-state index is 14.2. The molecule has 0 radical (unpaired) electrons. The van der Waals surface area contributed by atoms with Gasteiger partial charge >= 0.3 is 0 Å². The Kier molecular flexibility index (Phi) is 6.83. The van der Waals surface area contributed by atoms with E-state index in [2.05, 4.69) is 9.88 Å². The van der Waals surface area contributed by atoms with E-state index < -0.39 is 17.1 Å². The molecule has 2 aliphatic heterocycles. The summed E-state index contributed by atoms with van der Waals surface area (Å²) < 4.78 is 23.2. The highest BCUT2D eigenvalue weighted by atomic mass is 35.5. The highest BCUT2D eigenvalue weighted by Crippen LogP contribution is 2.34. The number of allylic oxidation sites excluding steroid dienone is 1. The molecule has 1 fully saturated rings. The second-order valence-electron chi connectivity index (χ2n) is 10.7. The first kappa shape index (κ1) is 26.5. The first-order valence-electron chi connectivity index (χ1n) is 13.3. The first-order valence-corrected chi connectivity index (χ1v) is 13.7. The second kappa shape index (κ2) is 10.3. The van der Waals surface area contributed by atoms with Gasteiger partial charge in [-0.05, 0) is 49.6 Å². The third-order valence-electron chi connectivity index (χ3n) is 7.54. The average Bonchev–Trinajstić information content (AvgIpc) is 3.27. The van der Waals surface area contributed by atoms with Crippen molar-refractivity contribution in [1.29, 1.82) is 0 Å². The van der Waals surface area contributed by atoms with Crippen molar-refractivity contribution in [2.24, 2.45) is 0 Å². The number of ether oxygens (including phenoxy) is 1. The van der Waals surface area contributed by atoms with Crippen molar-refractivity contribution in [3.63, 3.8) is 0 Å². The zero-order chi connectivity index (χ0) is 28.0. The Morgan fingerprint density at radius 2 is 2.00 bits per heavy atom. The van der Waals surface area contributed by atoms with Gasteiger partial charge in [0.1, 0.15) is 30.2 Å². The number of amides is 2. The minimum absolute atomic E-state index is 0.0208. The lowest BCUT2D eigenvalue weighted by atomic mass is 9.97. The molecule has 6 rings (SSSR count). The van der Waals surface area contributed by atoms with Gasteiger partial charge in [-0.2, -0.15) is 0 Å².